The molecule has 41 heavy (non-hydrogen) atoms. The number of carbonyl (C=O) groups is 2. The molecule has 1 aliphatic heterocycles. The van der Waals surface area contributed by atoms with Gasteiger partial charge in [0.1, 0.15) is 12.7 Å². The van der Waals surface area contributed by atoms with Crippen molar-refractivity contribution in [1.29, 1.82) is 0 Å². The molecular weight excluding hydrogens is 536 g/mol. The summed E-state index contributed by atoms with van der Waals surface area (Å²) in [5.74, 6) is -0.301. The number of nitrogens with one attached hydrogen (secondary N) is 4. The lowest BCUT2D eigenvalue weighted by Crippen LogP contribution is -2.42. The van der Waals surface area contributed by atoms with Crippen LogP contribution in [0.5, 0.6) is 0 Å². The number of rotatable bonds is 22. The predicted octanol–water partition coefficient (Wildman–Crippen LogP) is -0.171. The van der Waals surface area contributed by atoms with Crippen molar-refractivity contribution in [2.75, 3.05) is 107 Å². The number of carbonyl (C=O) groups excluding carboxylic acids is 2. The predicted molar refractivity (Wildman–Crippen MR) is 152 cm³/mol. The molecule has 1 atom stereocenters. The molecule has 2 aliphatic rings. The van der Waals surface area contributed by atoms with Gasteiger partial charge < -0.3 is 38.9 Å². The van der Waals surface area contributed by atoms with Gasteiger partial charge >= 0.3 is 0 Å². The molecule has 0 saturated carbocycles. The first-order valence-corrected chi connectivity index (χ1v) is 14.6. The minimum Gasteiger partial charge on any atom is -0.379 e. The molecular formula is C27H53N6O8+. The van der Waals surface area contributed by atoms with Crippen LogP contribution in [0.2, 0.25) is 0 Å². The second-order valence-electron chi connectivity index (χ2n) is 10.9. The van der Waals surface area contributed by atoms with Crippen molar-refractivity contribution in [2.45, 2.75) is 44.6 Å². The van der Waals surface area contributed by atoms with E-state index in [0.29, 0.717) is 72.4 Å². The van der Waals surface area contributed by atoms with E-state index in [1.165, 1.54) is 7.11 Å². The Hall–Kier alpha value is -2.04. The number of hydroxylamine groups is 1. The summed E-state index contributed by atoms with van der Waals surface area (Å²) in [5, 5.41) is 4.96. The van der Waals surface area contributed by atoms with Crippen LogP contribution in [-0.2, 0) is 38.1 Å². The fourth-order valence-electron chi connectivity index (χ4n) is 4.27. The highest BCUT2D eigenvalue weighted by atomic mass is 16.6. The normalized spacial score (nSPS) is 17.6. The van der Waals surface area contributed by atoms with Gasteiger partial charge in [-0.2, -0.15) is 0 Å². The largest absolute Gasteiger partial charge is 0.379 e. The average molecular weight is 590 g/mol. The second kappa shape index (κ2) is 20.8. The molecule has 2 rings (SSSR count). The zero-order chi connectivity index (χ0) is 29.8. The standard InChI is InChI=1S/C27H52N6O8/c1-33(2,3)13-11-28-25(34)10-14-37-16-18-39-20-21-40-19-17-38-15-12-32-23-8-6-5-7-9-24(27(23)29-31-32)41-22-26(35)30-36-4/h24,29,31H,5-22H2,1-4H3,(H-,28,30,34,35)/p+1. The number of quaternary nitrogens is 1. The van der Waals surface area contributed by atoms with Crippen molar-refractivity contribution >= 4 is 11.8 Å². The Bertz CT molecular complexity index is 779. The van der Waals surface area contributed by atoms with Gasteiger partial charge in [0.05, 0.1) is 112 Å². The van der Waals surface area contributed by atoms with Crippen LogP contribution in [0.3, 0.4) is 0 Å². The fourth-order valence-corrected chi connectivity index (χ4v) is 4.27. The Morgan fingerprint density at radius 2 is 1.56 bits per heavy atom. The van der Waals surface area contributed by atoms with Crippen molar-refractivity contribution in [1.82, 2.24) is 26.8 Å². The van der Waals surface area contributed by atoms with Gasteiger partial charge in [-0.1, -0.05) is 12.8 Å². The second-order valence-corrected chi connectivity index (χ2v) is 10.9. The maximum absolute atomic E-state index is 11.8. The van der Waals surface area contributed by atoms with E-state index in [2.05, 4.69) is 52.7 Å². The van der Waals surface area contributed by atoms with Crippen LogP contribution in [0.15, 0.2) is 11.4 Å². The van der Waals surface area contributed by atoms with Gasteiger partial charge in [0, 0.05) is 6.42 Å². The molecule has 238 valence electrons. The summed E-state index contributed by atoms with van der Waals surface area (Å²) < 4.78 is 29.0. The Balaban J connectivity index is 1.45. The van der Waals surface area contributed by atoms with Crippen LogP contribution >= 0.6 is 0 Å². The maximum Gasteiger partial charge on any atom is 0.269 e. The number of hydrogen-bond donors (Lipinski definition) is 4. The number of hydrazine groups is 2. The lowest BCUT2D eigenvalue weighted by molar-refractivity contribution is -0.869. The SMILES string of the molecule is CONC(=O)COC1CCCCCC2=C1NNN2CCOCCOCCOCCOCCC(=O)NCC[N+](C)(C)C. The van der Waals surface area contributed by atoms with E-state index in [0.717, 1.165) is 54.5 Å². The van der Waals surface area contributed by atoms with Gasteiger partial charge in [-0.25, -0.2) is 5.48 Å². The molecule has 0 spiro atoms. The zero-order valence-electron chi connectivity index (χ0n) is 25.5. The van der Waals surface area contributed by atoms with Crippen molar-refractivity contribution in [3.05, 3.63) is 11.4 Å². The number of likely N-dealkylation sites (N-methyl/N-ethyl adjacent to an activating group) is 1. The molecule has 14 nitrogen and oxygen atoms in total. The summed E-state index contributed by atoms with van der Waals surface area (Å²) in [4.78, 5) is 28.2. The monoisotopic (exact) mass is 589 g/mol. The van der Waals surface area contributed by atoms with E-state index < -0.39 is 0 Å². The first kappa shape index (κ1) is 35.2. The molecule has 2 amide bonds. The van der Waals surface area contributed by atoms with Crippen LogP contribution < -0.4 is 21.8 Å². The van der Waals surface area contributed by atoms with Crippen LogP contribution in [0.25, 0.3) is 0 Å². The third kappa shape index (κ3) is 16.3. The minimum absolute atomic E-state index is 0.00869. The number of amides is 2. The van der Waals surface area contributed by atoms with E-state index in [-0.39, 0.29) is 24.5 Å². The summed E-state index contributed by atoms with van der Waals surface area (Å²) in [7, 11) is 7.68. The Morgan fingerprint density at radius 1 is 0.902 bits per heavy atom. The maximum atomic E-state index is 11.8. The Kier molecular flexibility index (Phi) is 17.8. The first-order valence-electron chi connectivity index (χ1n) is 14.6. The van der Waals surface area contributed by atoms with Gasteiger partial charge in [0.2, 0.25) is 5.91 Å². The summed E-state index contributed by atoms with van der Waals surface area (Å²) in [5.41, 5.74) is 10.9. The van der Waals surface area contributed by atoms with E-state index in [1.807, 2.05) is 0 Å². The highest BCUT2D eigenvalue weighted by molar-refractivity contribution is 5.76. The lowest BCUT2D eigenvalue weighted by Gasteiger charge is -2.24. The molecule has 0 bridgehead atoms. The smallest absolute Gasteiger partial charge is 0.269 e. The minimum atomic E-state index is -0.310. The zero-order valence-corrected chi connectivity index (χ0v) is 25.5. The number of nitrogens with zero attached hydrogens (tertiary/aromatic N) is 2. The number of ether oxygens (including phenoxy) is 5. The molecule has 0 saturated heterocycles. The van der Waals surface area contributed by atoms with Crippen molar-refractivity contribution in [3.8, 4) is 0 Å². The van der Waals surface area contributed by atoms with E-state index >= 15 is 0 Å². The number of allylic oxidation sites excluding steroid dienone is 1. The van der Waals surface area contributed by atoms with Gasteiger partial charge in [-0.3, -0.25) is 19.4 Å². The summed E-state index contributed by atoms with van der Waals surface area (Å²) >= 11 is 0. The molecule has 0 aromatic heterocycles. The third-order valence-electron chi connectivity index (χ3n) is 6.45. The summed E-state index contributed by atoms with van der Waals surface area (Å²) in [6, 6.07) is 0. The van der Waals surface area contributed by atoms with Crippen LogP contribution in [0.4, 0.5) is 0 Å². The van der Waals surface area contributed by atoms with Gasteiger partial charge in [-0.05, 0) is 19.3 Å². The van der Waals surface area contributed by atoms with Crippen LogP contribution in [-0.4, -0.2) is 135 Å². The van der Waals surface area contributed by atoms with Crippen LogP contribution in [0, 0.1) is 0 Å². The highest BCUT2D eigenvalue weighted by Crippen LogP contribution is 2.28. The molecule has 4 N–H and O–H groups in total. The van der Waals surface area contributed by atoms with Crippen molar-refractivity contribution in [2.24, 2.45) is 0 Å². The van der Waals surface area contributed by atoms with Crippen molar-refractivity contribution in [3.63, 3.8) is 0 Å². The molecule has 0 radical (unpaired) electrons. The van der Waals surface area contributed by atoms with E-state index in [9.17, 15) is 9.59 Å². The van der Waals surface area contributed by atoms with Gasteiger partial charge in [-0.15, -0.1) is 5.53 Å². The third-order valence-corrected chi connectivity index (χ3v) is 6.45. The average Bonchev–Trinajstić information content (AvgIpc) is 3.29. The quantitative estimate of drug-likeness (QED) is 0.0760. The first-order chi connectivity index (χ1) is 19.8. The molecule has 0 fully saturated rings. The highest BCUT2D eigenvalue weighted by Gasteiger charge is 2.29. The topological polar surface area (TPSA) is 141 Å². The van der Waals surface area contributed by atoms with E-state index in [4.69, 9.17) is 23.7 Å². The lowest BCUT2D eigenvalue weighted by atomic mass is 9.99. The molecule has 1 unspecified atom stereocenters. The van der Waals surface area contributed by atoms with Gasteiger partial charge in [0.25, 0.3) is 5.91 Å². The molecule has 1 heterocycles. The Labute approximate surface area is 244 Å². The van der Waals surface area contributed by atoms with Gasteiger partial charge in [0.15, 0.2) is 0 Å². The van der Waals surface area contributed by atoms with E-state index in [1.54, 1.807) is 0 Å². The fraction of sp³-hybridized carbons (Fsp3) is 0.852. The Morgan fingerprint density at radius 3 is 2.22 bits per heavy atom. The van der Waals surface area contributed by atoms with Crippen LogP contribution in [0.1, 0.15) is 38.5 Å². The molecule has 0 aromatic rings. The number of hydrogen-bond acceptors (Lipinski definition) is 11. The molecule has 1 aliphatic carbocycles. The molecule has 0 aromatic carbocycles. The summed E-state index contributed by atoms with van der Waals surface area (Å²) in [6.45, 7) is 5.94. The van der Waals surface area contributed by atoms with Crippen molar-refractivity contribution < 1.29 is 42.6 Å². The molecule has 14 heteroatoms. The summed E-state index contributed by atoms with van der Waals surface area (Å²) in [6.07, 6.45) is 5.23.